The van der Waals surface area contributed by atoms with E-state index in [-0.39, 0.29) is 5.82 Å². The lowest BCUT2D eigenvalue weighted by Gasteiger charge is -2.07. The average Bonchev–Trinajstić information content (AvgIpc) is 2.65. The second-order valence-electron chi connectivity index (χ2n) is 4.01. The minimum absolute atomic E-state index is 0.250. The van der Waals surface area contributed by atoms with Gasteiger partial charge in [0.05, 0.1) is 12.8 Å². The van der Waals surface area contributed by atoms with E-state index in [4.69, 9.17) is 10.5 Å². The third kappa shape index (κ3) is 2.79. The van der Waals surface area contributed by atoms with E-state index in [9.17, 15) is 4.39 Å². The number of hydrogen-bond donors (Lipinski definition) is 1. The van der Waals surface area contributed by atoms with Crippen molar-refractivity contribution in [3.8, 4) is 5.75 Å². The Hall–Kier alpha value is -1.62. The molecule has 2 N–H and O–H groups in total. The van der Waals surface area contributed by atoms with Crippen LogP contribution in [-0.2, 0) is 12.8 Å². The molecule has 0 saturated heterocycles. The number of benzene rings is 1. The van der Waals surface area contributed by atoms with Gasteiger partial charge >= 0.3 is 0 Å². The van der Waals surface area contributed by atoms with Gasteiger partial charge in [-0.1, -0.05) is 0 Å². The van der Waals surface area contributed by atoms with Crippen molar-refractivity contribution in [3.05, 3.63) is 40.2 Å². The summed E-state index contributed by atoms with van der Waals surface area (Å²) < 4.78 is 18.4. The first kappa shape index (κ1) is 12.8. The third-order valence-electron chi connectivity index (χ3n) is 2.78. The Kier molecular flexibility index (Phi) is 3.81. The van der Waals surface area contributed by atoms with Gasteiger partial charge in [0.25, 0.3) is 0 Å². The zero-order chi connectivity index (χ0) is 13.1. The maximum Gasteiger partial charge on any atom is 0.180 e. The lowest BCUT2D eigenvalue weighted by atomic mass is 10.1. The van der Waals surface area contributed by atoms with Crippen LogP contribution >= 0.6 is 11.3 Å². The topological polar surface area (TPSA) is 48.1 Å². The number of thiazole rings is 1. The Morgan fingerprint density at radius 1 is 1.39 bits per heavy atom. The predicted molar refractivity (Wildman–Crippen MR) is 71.6 cm³/mol. The fraction of sp³-hybridized carbons (Fsp3) is 0.308. The van der Waals surface area contributed by atoms with Gasteiger partial charge < -0.3 is 10.5 Å². The van der Waals surface area contributed by atoms with Crippen molar-refractivity contribution in [2.45, 2.75) is 19.8 Å². The van der Waals surface area contributed by atoms with E-state index in [0.717, 1.165) is 22.6 Å². The monoisotopic (exact) mass is 266 g/mol. The van der Waals surface area contributed by atoms with Crippen LogP contribution in [0.1, 0.15) is 16.1 Å². The van der Waals surface area contributed by atoms with Gasteiger partial charge in [-0.25, -0.2) is 9.37 Å². The van der Waals surface area contributed by atoms with Crippen molar-refractivity contribution in [1.29, 1.82) is 0 Å². The molecular weight excluding hydrogens is 251 g/mol. The number of rotatable bonds is 4. The summed E-state index contributed by atoms with van der Waals surface area (Å²) in [5.74, 6) is 0.456. The fourth-order valence-corrected chi connectivity index (χ4v) is 2.61. The predicted octanol–water partition coefficient (Wildman–Crippen LogP) is 2.97. The summed E-state index contributed by atoms with van der Waals surface area (Å²) in [5.41, 5.74) is 7.48. The maximum atomic E-state index is 13.2. The molecule has 0 aliphatic heterocycles. The largest absolute Gasteiger partial charge is 0.496 e. The fourth-order valence-electron chi connectivity index (χ4n) is 1.88. The van der Waals surface area contributed by atoms with Gasteiger partial charge in [0.2, 0.25) is 0 Å². The van der Waals surface area contributed by atoms with Crippen molar-refractivity contribution in [2.75, 3.05) is 12.8 Å². The molecule has 0 radical (unpaired) electrons. The molecule has 0 fully saturated rings. The number of anilines is 1. The Balaban J connectivity index is 2.14. The van der Waals surface area contributed by atoms with E-state index in [0.29, 0.717) is 17.3 Å². The van der Waals surface area contributed by atoms with Crippen molar-refractivity contribution in [1.82, 2.24) is 4.98 Å². The molecule has 0 amide bonds. The summed E-state index contributed by atoms with van der Waals surface area (Å²) in [5, 5.41) is 0.578. The Morgan fingerprint density at radius 2 is 2.17 bits per heavy atom. The summed E-state index contributed by atoms with van der Waals surface area (Å²) in [7, 11) is 1.59. The molecule has 2 aromatic rings. The number of aromatic nitrogens is 1. The van der Waals surface area contributed by atoms with Crippen LogP contribution in [0.3, 0.4) is 0 Å². The number of hydrogen-bond acceptors (Lipinski definition) is 4. The zero-order valence-corrected chi connectivity index (χ0v) is 11.2. The van der Waals surface area contributed by atoms with Crippen LogP contribution in [0.5, 0.6) is 5.75 Å². The molecule has 5 heteroatoms. The second kappa shape index (κ2) is 5.35. The lowest BCUT2D eigenvalue weighted by Crippen LogP contribution is -1.98. The highest BCUT2D eigenvalue weighted by Crippen LogP contribution is 2.24. The van der Waals surface area contributed by atoms with E-state index in [1.54, 1.807) is 13.2 Å². The molecule has 0 saturated carbocycles. The van der Waals surface area contributed by atoms with E-state index >= 15 is 0 Å². The summed E-state index contributed by atoms with van der Waals surface area (Å²) >= 11 is 1.48. The Bertz CT molecular complexity index is 554. The van der Waals surface area contributed by atoms with Crippen molar-refractivity contribution in [3.63, 3.8) is 0 Å². The highest BCUT2D eigenvalue weighted by Gasteiger charge is 2.09. The van der Waals surface area contributed by atoms with E-state index in [2.05, 4.69) is 4.98 Å². The molecule has 18 heavy (non-hydrogen) atoms. The minimum Gasteiger partial charge on any atom is -0.496 e. The number of methoxy groups -OCH3 is 1. The van der Waals surface area contributed by atoms with E-state index < -0.39 is 0 Å². The molecule has 0 spiro atoms. The summed E-state index contributed by atoms with van der Waals surface area (Å²) in [6.07, 6.45) is 1.42. The standard InChI is InChI=1S/C13H15FN2OS/c1-8-11(16-13(15)18-8)5-3-9-7-10(14)4-6-12(9)17-2/h4,6-7H,3,5H2,1-2H3,(H2,15,16). The molecule has 1 aromatic carbocycles. The molecule has 96 valence electrons. The SMILES string of the molecule is COc1ccc(F)cc1CCc1nc(N)sc1C. The van der Waals surface area contributed by atoms with Crippen LogP contribution in [0.15, 0.2) is 18.2 Å². The number of nitrogens with two attached hydrogens (primary N) is 1. The summed E-state index contributed by atoms with van der Waals surface area (Å²) in [4.78, 5) is 5.38. The molecular formula is C13H15FN2OS. The number of nitrogen functional groups attached to an aromatic ring is 1. The van der Waals surface area contributed by atoms with E-state index in [1.165, 1.54) is 23.5 Å². The van der Waals surface area contributed by atoms with Crippen LogP contribution in [0.4, 0.5) is 9.52 Å². The van der Waals surface area contributed by atoms with Crippen molar-refractivity contribution in [2.24, 2.45) is 0 Å². The number of nitrogens with zero attached hydrogens (tertiary/aromatic N) is 1. The first-order valence-electron chi connectivity index (χ1n) is 5.64. The van der Waals surface area contributed by atoms with E-state index in [1.807, 2.05) is 6.92 Å². The van der Waals surface area contributed by atoms with Gasteiger partial charge in [-0.05, 0) is 43.5 Å². The summed E-state index contributed by atoms with van der Waals surface area (Å²) in [6.45, 7) is 1.99. The highest BCUT2D eigenvalue weighted by molar-refractivity contribution is 7.15. The van der Waals surface area contributed by atoms with Crippen molar-refractivity contribution >= 4 is 16.5 Å². The molecule has 0 atom stereocenters. The number of aryl methyl sites for hydroxylation is 3. The first-order chi connectivity index (χ1) is 8.60. The second-order valence-corrected chi connectivity index (χ2v) is 5.25. The van der Waals surface area contributed by atoms with Crippen LogP contribution < -0.4 is 10.5 Å². The molecule has 2 rings (SSSR count). The van der Waals surface area contributed by atoms with Crippen LogP contribution in [0.2, 0.25) is 0 Å². The lowest BCUT2D eigenvalue weighted by molar-refractivity contribution is 0.408. The van der Waals surface area contributed by atoms with Gasteiger partial charge in [-0.15, -0.1) is 11.3 Å². The third-order valence-corrected chi connectivity index (χ3v) is 3.63. The minimum atomic E-state index is -0.250. The number of halogens is 1. The Morgan fingerprint density at radius 3 is 2.78 bits per heavy atom. The quantitative estimate of drug-likeness (QED) is 0.925. The molecule has 0 aliphatic carbocycles. The van der Waals surface area contributed by atoms with Crippen molar-refractivity contribution < 1.29 is 9.13 Å². The molecule has 3 nitrogen and oxygen atoms in total. The van der Waals surface area contributed by atoms with Gasteiger partial charge in [0, 0.05) is 4.88 Å². The van der Waals surface area contributed by atoms with Crippen LogP contribution in [0.25, 0.3) is 0 Å². The van der Waals surface area contributed by atoms with Gasteiger partial charge in [-0.3, -0.25) is 0 Å². The highest BCUT2D eigenvalue weighted by atomic mass is 32.1. The zero-order valence-electron chi connectivity index (χ0n) is 10.4. The normalized spacial score (nSPS) is 10.6. The van der Waals surface area contributed by atoms with Gasteiger partial charge in [-0.2, -0.15) is 0 Å². The summed E-state index contributed by atoms with van der Waals surface area (Å²) in [6, 6.07) is 4.55. The molecule has 0 bridgehead atoms. The average molecular weight is 266 g/mol. The smallest absolute Gasteiger partial charge is 0.180 e. The maximum absolute atomic E-state index is 13.2. The van der Waals surface area contributed by atoms with Gasteiger partial charge in [0.15, 0.2) is 5.13 Å². The molecule has 0 unspecified atom stereocenters. The Labute approximate surface area is 109 Å². The molecule has 0 aliphatic rings. The first-order valence-corrected chi connectivity index (χ1v) is 6.46. The van der Waals surface area contributed by atoms with Crippen LogP contribution in [0, 0.1) is 12.7 Å². The molecule has 1 aromatic heterocycles. The molecule has 1 heterocycles. The number of ether oxygens (including phenoxy) is 1. The van der Waals surface area contributed by atoms with Gasteiger partial charge in [0.1, 0.15) is 11.6 Å². The van der Waals surface area contributed by atoms with Crippen LogP contribution in [-0.4, -0.2) is 12.1 Å².